The zero-order valence-electron chi connectivity index (χ0n) is 12.6. The lowest BCUT2D eigenvalue weighted by Gasteiger charge is -2.34. The molecule has 1 aliphatic heterocycles. The molecule has 0 atom stereocenters. The van der Waals surface area contributed by atoms with Gasteiger partial charge in [-0.05, 0) is 5.56 Å². The van der Waals surface area contributed by atoms with Crippen molar-refractivity contribution in [2.45, 2.75) is 19.5 Å². The lowest BCUT2D eigenvalue weighted by molar-refractivity contribution is -0.133. The molecule has 0 spiro atoms. The van der Waals surface area contributed by atoms with Gasteiger partial charge in [0.2, 0.25) is 5.91 Å². The first-order valence-corrected chi connectivity index (χ1v) is 7.68. The summed E-state index contributed by atoms with van der Waals surface area (Å²) >= 11 is 0. The van der Waals surface area contributed by atoms with Gasteiger partial charge in [0.15, 0.2) is 0 Å². The molecule has 1 fully saturated rings. The second kappa shape index (κ2) is 7.17. The smallest absolute Gasteiger partial charge is 0.224 e. The van der Waals surface area contributed by atoms with Crippen molar-refractivity contribution in [3.05, 3.63) is 48.5 Å². The fourth-order valence-electron chi connectivity index (χ4n) is 2.71. The third-order valence-electron chi connectivity index (χ3n) is 4.00. The molecule has 1 aliphatic rings. The van der Waals surface area contributed by atoms with Crippen LogP contribution in [0.3, 0.4) is 0 Å². The van der Waals surface area contributed by atoms with E-state index in [1.807, 2.05) is 11.0 Å². The minimum Gasteiger partial charge on any atom is -0.340 e. The van der Waals surface area contributed by atoms with Gasteiger partial charge in [-0.2, -0.15) is 5.10 Å². The molecule has 6 heteroatoms. The Labute approximate surface area is 130 Å². The van der Waals surface area contributed by atoms with Crippen molar-refractivity contribution in [1.29, 1.82) is 0 Å². The molecule has 2 aromatic rings. The zero-order chi connectivity index (χ0) is 15.2. The van der Waals surface area contributed by atoms with Gasteiger partial charge in [0.25, 0.3) is 0 Å². The van der Waals surface area contributed by atoms with Crippen LogP contribution < -0.4 is 0 Å². The van der Waals surface area contributed by atoms with Crippen molar-refractivity contribution in [1.82, 2.24) is 24.6 Å². The summed E-state index contributed by atoms with van der Waals surface area (Å²) in [6, 6.07) is 10.5. The highest BCUT2D eigenvalue weighted by Crippen LogP contribution is 2.09. The normalized spacial score (nSPS) is 15.9. The van der Waals surface area contributed by atoms with E-state index in [1.165, 1.54) is 11.9 Å². The molecule has 0 aliphatic carbocycles. The van der Waals surface area contributed by atoms with Crippen molar-refractivity contribution in [3.8, 4) is 0 Å². The predicted octanol–water partition coefficient (Wildman–Crippen LogP) is 1.01. The maximum atomic E-state index is 12.2. The largest absolute Gasteiger partial charge is 0.340 e. The third kappa shape index (κ3) is 3.92. The van der Waals surface area contributed by atoms with Crippen LogP contribution in [-0.2, 0) is 17.9 Å². The van der Waals surface area contributed by atoms with E-state index in [-0.39, 0.29) is 5.91 Å². The summed E-state index contributed by atoms with van der Waals surface area (Å²) in [5.74, 6) is 0.204. The minimum atomic E-state index is 0.204. The molecule has 116 valence electrons. The standard InChI is InChI=1S/C16H21N5O/c22-16(6-7-21-14-17-13-18-21)20-10-8-19(9-11-20)12-15-4-2-1-3-5-15/h1-5,13-14H,6-12H2. The van der Waals surface area contributed by atoms with Gasteiger partial charge < -0.3 is 4.90 Å². The number of nitrogens with zero attached hydrogens (tertiary/aromatic N) is 5. The van der Waals surface area contributed by atoms with Crippen molar-refractivity contribution >= 4 is 5.91 Å². The number of carbonyl (C=O) groups is 1. The Morgan fingerprint density at radius 3 is 2.55 bits per heavy atom. The predicted molar refractivity (Wildman–Crippen MR) is 82.9 cm³/mol. The first kappa shape index (κ1) is 14.7. The van der Waals surface area contributed by atoms with Crippen LogP contribution in [-0.4, -0.2) is 56.7 Å². The van der Waals surface area contributed by atoms with Gasteiger partial charge in [0.05, 0.1) is 6.54 Å². The molecule has 1 amide bonds. The highest BCUT2D eigenvalue weighted by Gasteiger charge is 2.20. The average molecular weight is 299 g/mol. The maximum absolute atomic E-state index is 12.2. The summed E-state index contributed by atoms with van der Waals surface area (Å²) in [4.78, 5) is 20.4. The van der Waals surface area contributed by atoms with Gasteiger partial charge in [-0.3, -0.25) is 14.4 Å². The number of aryl methyl sites for hydroxylation is 1. The van der Waals surface area contributed by atoms with Crippen molar-refractivity contribution in [2.24, 2.45) is 0 Å². The molecule has 0 N–H and O–H groups in total. The van der Waals surface area contributed by atoms with Crippen LogP contribution in [0.4, 0.5) is 0 Å². The van der Waals surface area contributed by atoms with E-state index >= 15 is 0 Å². The minimum absolute atomic E-state index is 0.204. The number of hydrogen-bond acceptors (Lipinski definition) is 4. The highest BCUT2D eigenvalue weighted by atomic mass is 16.2. The second-order valence-electron chi connectivity index (χ2n) is 5.55. The summed E-state index contributed by atoms with van der Waals surface area (Å²) in [5, 5.41) is 4.02. The van der Waals surface area contributed by atoms with E-state index in [9.17, 15) is 4.79 Å². The van der Waals surface area contributed by atoms with Crippen LogP contribution in [0.5, 0.6) is 0 Å². The summed E-state index contributed by atoms with van der Waals surface area (Å²) in [7, 11) is 0. The van der Waals surface area contributed by atoms with Crippen molar-refractivity contribution in [2.75, 3.05) is 26.2 Å². The highest BCUT2D eigenvalue weighted by molar-refractivity contribution is 5.76. The van der Waals surface area contributed by atoms with Gasteiger partial charge in [-0.15, -0.1) is 0 Å². The fourth-order valence-corrected chi connectivity index (χ4v) is 2.71. The van der Waals surface area contributed by atoms with Gasteiger partial charge in [-0.25, -0.2) is 4.98 Å². The van der Waals surface area contributed by atoms with Crippen LogP contribution in [0.1, 0.15) is 12.0 Å². The van der Waals surface area contributed by atoms with Gasteiger partial charge >= 0.3 is 0 Å². The number of piperazine rings is 1. The van der Waals surface area contributed by atoms with Crippen LogP contribution in [0.2, 0.25) is 0 Å². The molecule has 1 aromatic carbocycles. The third-order valence-corrected chi connectivity index (χ3v) is 4.00. The Kier molecular flexibility index (Phi) is 4.80. The van der Waals surface area contributed by atoms with Crippen molar-refractivity contribution < 1.29 is 4.79 Å². The Morgan fingerprint density at radius 1 is 1.09 bits per heavy atom. The topological polar surface area (TPSA) is 54.3 Å². The molecule has 0 bridgehead atoms. The Bertz CT molecular complexity index is 576. The molecule has 6 nitrogen and oxygen atoms in total. The van der Waals surface area contributed by atoms with Gasteiger partial charge in [0, 0.05) is 39.1 Å². The second-order valence-corrected chi connectivity index (χ2v) is 5.55. The molecule has 22 heavy (non-hydrogen) atoms. The Morgan fingerprint density at radius 2 is 1.86 bits per heavy atom. The molecule has 3 rings (SSSR count). The molecule has 1 aromatic heterocycles. The Hall–Kier alpha value is -2.21. The van der Waals surface area contributed by atoms with Crippen LogP contribution in [0, 0.1) is 0 Å². The fraction of sp³-hybridized carbons (Fsp3) is 0.438. The number of benzene rings is 1. The van der Waals surface area contributed by atoms with E-state index in [4.69, 9.17) is 0 Å². The molecule has 0 unspecified atom stereocenters. The van der Waals surface area contributed by atoms with E-state index in [0.29, 0.717) is 13.0 Å². The number of carbonyl (C=O) groups excluding carboxylic acids is 1. The summed E-state index contributed by atoms with van der Waals surface area (Å²) < 4.78 is 1.70. The molecule has 1 saturated heterocycles. The maximum Gasteiger partial charge on any atom is 0.224 e. The SMILES string of the molecule is O=C(CCn1cncn1)N1CCN(Cc2ccccc2)CC1. The average Bonchev–Trinajstić information content (AvgIpc) is 3.08. The van der Waals surface area contributed by atoms with Crippen LogP contribution in [0.15, 0.2) is 43.0 Å². The number of hydrogen-bond donors (Lipinski definition) is 0. The summed E-state index contributed by atoms with van der Waals surface area (Å²) in [5.41, 5.74) is 1.33. The van der Waals surface area contributed by atoms with Crippen LogP contribution >= 0.6 is 0 Å². The monoisotopic (exact) mass is 299 g/mol. The number of amides is 1. The number of rotatable bonds is 5. The quantitative estimate of drug-likeness (QED) is 0.827. The van der Waals surface area contributed by atoms with Gasteiger partial charge in [-0.1, -0.05) is 30.3 Å². The van der Waals surface area contributed by atoms with E-state index in [1.54, 1.807) is 11.0 Å². The lowest BCUT2D eigenvalue weighted by Crippen LogP contribution is -2.48. The molecular formula is C16H21N5O. The first-order chi connectivity index (χ1) is 10.8. The molecule has 0 saturated carbocycles. The van der Waals surface area contributed by atoms with E-state index in [2.05, 4.69) is 39.2 Å². The summed E-state index contributed by atoms with van der Waals surface area (Å²) in [6.45, 7) is 5.05. The van der Waals surface area contributed by atoms with E-state index in [0.717, 1.165) is 32.7 Å². The van der Waals surface area contributed by atoms with E-state index < -0.39 is 0 Å². The first-order valence-electron chi connectivity index (χ1n) is 7.68. The lowest BCUT2D eigenvalue weighted by atomic mass is 10.2. The van der Waals surface area contributed by atoms with Crippen LogP contribution in [0.25, 0.3) is 0 Å². The summed E-state index contributed by atoms with van der Waals surface area (Å²) in [6.07, 6.45) is 3.62. The molecule has 0 radical (unpaired) electrons. The number of aromatic nitrogens is 3. The molecular weight excluding hydrogens is 278 g/mol. The Balaban J connectivity index is 1.42. The molecule has 2 heterocycles. The zero-order valence-corrected chi connectivity index (χ0v) is 12.6. The van der Waals surface area contributed by atoms with Crippen molar-refractivity contribution in [3.63, 3.8) is 0 Å². The van der Waals surface area contributed by atoms with Gasteiger partial charge in [0.1, 0.15) is 12.7 Å².